The van der Waals surface area contributed by atoms with Crippen LogP contribution in [0.4, 0.5) is 4.39 Å². The van der Waals surface area contributed by atoms with Crippen molar-refractivity contribution in [2.45, 2.75) is 5.60 Å². The van der Waals surface area contributed by atoms with E-state index in [0.29, 0.717) is 13.1 Å². The highest BCUT2D eigenvalue weighted by molar-refractivity contribution is 6.30. The molecule has 0 unspecified atom stereocenters. The van der Waals surface area contributed by atoms with Gasteiger partial charge in [-0.15, -0.1) is 12.4 Å². The van der Waals surface area contributed by atoms with Crippen molar-refractivity contribution in [2.24, 2.45) is 0 Å². The average Bonchev–Trinajstić information content (AvgIpc) is 2.47. The summed E-state index contributed by atoms with van der Waals surface area (Å²) in [6.07, 6.45) is 3.40. The second kappa shape index (κ2) is 6.49. The van der Waals surface area contributed by atoms with Crippen molar-refractivity contribution >= 4 is 24.0 Å². The van der Waals surface area contributed by atoms with Crippen LogP contribution in [0.25, 0.3) is 0 Å². The number of hydrogen-bond donors (Lipinski definition) is 1. The number of benzene rings is 1. The van der Waals surface area contributed by atoms with E-state index in [9.17, 15) is 4.39 Å². The molecule has 0 saturated carbocycles. The minimum atomic E-state index is -0.636. The molecule has 1 aliphatic heterocycles. The largest absolute Gasteiger partial charge is 0.478 e. The molecule has 1 aliphatic rings. The normalized spacial score (nSPS) is 15.1. The molecule has 22 heavy (non-hydrogen) atoms. The summed E-state index contributed by atoms with van der Waals surface area (Å²) in [5, 5.41) is 12.2. The fourth-order valence-electron chi connectivity index (χ4n) is 2.23. The first-order chi connectivity index (χ1) is 10.1. The average molecular weight is 340 g/mol. The van der Waals surface area contributed by atoms with Crippen LogP contribution in [0.2, 0.25) is 5.02 Å². The summed E-state index contributed by atoms with van der Waals surface area (Å²) in [4.78, 5) is 4.09. The highest BCUT2D eigenvalue weighted by Gasteiger charge is 2.42. The molecule has 0 bridgehead atoms. The Hall–Kier alpha value is -1.87. The smallest absolute Gasteiger partial charge is 0.160 e. The van der Waals surface area contributed by atoms with Crippen molar-refractivity contribution in [3.05, 3.63) is 58.6 Å². The molecule has 114 valence electrons. The number of hydrogen-bond acceptors (Lipinski definition) is 4. The quantitative estimate of drug-likeness (QED) is 0.933. The monoisotopic (exact) mass is 339 g/mol. The molecule has 0 spiro atoms. The zero-order valence-corrected chi connectivity index (χ0v) is 12.9. The van der Waals surface area contributed by atoms with E-state index in [-0.39, 0.29) is 28.7 Å². The van der Waals surface area contributed by atoms with Crippen molar-refractivity contribution in [2.75, 3.05) is 13.1 Å². The number of aromatic nitrogens is 1. The molecule has 1 fully saturated rings. The Bertz CT molecular complexity index is 715. The van der Waals surface area contributed by atoms with E-state index in [0.717, 1.165) is 11.6 Å². The number of halogens is 3. The predicted molar refractivity (Wildman–Crippen MR) is 82.8 cm³/mol. The first-order valence-electron chi connectivity index (χ1n) is 6.34. The Labute approximate surface area is 138 Å². The number of nitriles is 1. The van der Waals surface area contributed by atoms with Gasteiger partial charge in [0, 0.05) is 37.1 Å². The maximum absolute atomic E-state index is 13.4. The zero-order chi connectivity index (χ0) is 14.9. The van der Waals surface area contributed by atoms with Crippen LogP contribution in [-0.2, 0) is 5.60 Å². The van der Waals surface area contributed by atoms with Gasteiger partial charge in [0.25, 0.3) is 0 Å². The van der Waals surface area contributed by atoms with Gasteiger partial charge in [-0.1, -0.05) is 17.7 Å². The van der Waals surface area contributed by atoms with Crippen molar-refractivity contribution in [3.63, 3.8) is 0 Å². The molecule has 0 atom stereocenters. The van der Waals surface area contributed by atoms with Gasteiger partial charge in [-0.3, -0.25) is 4.98 Å². The van der Waals surface area contributed by atoms with Gasteiger partial charge in [0.1, 0.15) is 17.6 Å². The Balaban J connectivity index is 0.00000176. The standard InChI is InChI=1S/C15H11ClFN3O.ClH/c16-12-5-14(10(6-18)4-13(12)17)21-15(8-20-9-15)11-2-1-3-19-7-11;/h1-5,7,20H,8-9H2;1H. The molecule has 2 aromatic rings. The molecule has 0 amide bonds. The van der Waals surface area contributed by atoms with Gasteiger partial charge in [0.15, 0.2) is 5.60 Å². The summed E-state index contributed by atoms with van der Waals surface area (Å²) in [7, 11) is 0. The third kappa shape index (κ3) is 2.86. The predicted octanol–water partition coefficient (Wildman–Crippen LogP) is 3.05. The van der Waals surface area contributed by atoms with E-state index in [2.05, 4.69) is 10.3 Å². The molecule has 0 aliphatic carbocycles. The molecule has 1 N–H and O–H groups in total. The van der Waals surface area contributed by atoms with E-state index in [1.54, 1.807) is 12.4 Å². The minimum Gasteiger partial charge on any atom is -0.478 e. The van der Waals surface area contributed by atoms with Crippen LogP contribution in [0.1, 0.15) is 11.1 Å². The SMILES string of the molecule is Cl.N#Cc1cc(F)c(Cl)cc1OC1(c2cccnc2)CNC1. The summed E-state index contributed by atoms with van der Waals surface area (Å²) in [5.41, 5.74) is 0.404. The summed E-state index contributed by atoms with van der Waals surface area (Å²) < 4.78 is 19.4. The van der Waals surface area contributed by atoms with Crippen LogP contribution in [0.15, 0.2) is 36.7 Å². The third-order valence-electron chi connectivity index (χ3n) is 3.46. The molecule has 1 aromatic heterocycles. The molecule has 1 saturated heterocycles. The number of nitrogens with zero attached hydrogens (tertiary/aromatic N) is 2. The topological polar surface area (TPSA) is 57.9 Å². The Kier molecular flexibility index (Phi) is 4.87. The van der Waals surface area contributed by atoms with Crippen LogP contribution in [0, 0.1) is 17.1 Å². The maximum Gasteiger partial charge on any atom is 0.160 e. The zero-order valence-electron chi connectivity index (χ0n) is 11.3. The second-order valence-electron chi connectivity index (χ2n) is 4.82. The third-order valence-corrected chi connectivity index (χ3v) is 3.75. The first-order valence-corrected chi connectivity index (χ1v) is 6.72. The number of nitrogens with one attached hydrogen (secondary N) is 1. The summed E-state index contributed by atoms with van der Waals surface area (Å²) in [6.45, 7) is 1.16. The molecule has 1 aromatic carbocycles. The van der Waals surface area contributed by atoms with Crippen LogP contribution in [0.5, 0.6) is 5.75 Å². The van der Waals surface area contributed by atoms with Crippen LogP contribution < -0.4 is 10.1 Å². The first kappa shape index (κ1) is 16.5. The van der Waals surface area contributed by atoms with Crippen molar-refractivity contribution < 1.29 is 9.13 Å². The van der Waals surface area contributed by atoms with Crippen molar-refractivity contribution in [1.82, 2.24) is 10.3 Å². The lowest BCUT2D eigenvalue weighted by molar-refractivity contribution is 0.0115. The van der Waals surface area contributed by atoms with E-state index in [1.807, 2.05) is 18.2 Å². The van der Waals surface area contributed by atoms with E-state index >= 15 is 0 Å². The van der Waals surface area contributed by atoms with Crippen molar-refractivity contribution in [3.8, 4) is 11.8 Å². The highest BCUT2D eigenvalue weighted by Crippen LogP contribution is 2.35. The molecular weight excluding hydrogens is 328 g/mol. The van der Waals surface area contributed by atoms with Gasteiger partial charge >= 0.3 is 0 Å². The molecule has 7 heteroatoms. The lowest BCUT2D eigenvalue weighted by Crippen LogP contribution is -2.60. The van der Waals surface area contributed by atoms with E-state index < -0.39 is 11.4 Å². The van der Waals surface area contributed by atoms with Crippen LogP contribution in [0.3, 0.4) is 0 Å². The van der Waals surface area contributed by atoms with E-state index in [4.69, 9.17) is 21.6 Å². The molecule has 0 radical (unpaired) electrons. The molecule has 3 rings (SSSR count). The maximum atomic E-state index is 13.4. The highest BCUT2D eigenvalue weighted by atomic mass is 35.5. The van der Waals surface area contributed by atoms with Gasteiger partial charge in [-0.25, -0.2) is 4.39 Å². The van der Waals surface area contributed by atoms with Gasteiger partial charge in [0.05, 0.1) is 10.6 Å². The fourth-order valence-corrected chi connectivity index (χ4v) is 2.38. The van der Waals surface area contributed by atoms with Crippen LogP contribution in [-0.4, -0.2) is 18.1 Å². The van der Waals surface area contributed by atoms with Crippen LogP contribution >= 0.6 is 24.0 Å². The second-order valence-corrected chi connectivity index (χ2v) is 5.22. The fraction of sp³-hybridized carbons (Fsp3) is 0.200. The molecule has 4 nitrogen and oxygen atoms in total. The number of ether oxygens (including phenoxy) is 1. The Morgan fingerprint density at radius 2 is 2.18 bits per heavy atom. The Morgan fingerprint density at radius 1 is 1.41 bits per heavy atom. The van der Waals surface area contributed by atoms with Gasteiger partial charge in [0.2, 0.25) is 0 Å². The van der Waals surface area contributed by atoms with Gasteiger partial charge < -0.3 is 10.1 Å². The summed E-state index contributed by atoms with van der Waals surface area (Å²) >= 11 is 5.79. The molecule has 2 heterocycles. The minimum absolute atomic E-state index is 0. The van der Waals surface area contributed by atoms with Gasteiger partial charge in [-0.2, -0.15) is 5.26 Å². The number of pyridine rings is 1. The van der Waals surface area contributed by atoms with Crippen molar-refractivity contribution in [1.29, 1.82) is 5.26 Å². The lowest BCUT2D eigenvalue weighted by atomic mass is 9.89. The van der Waals surface area contributed by atoms with Gasteiger partial charge in [-0.05, 0) is 12.1 Å². The Morgan fingerprint density at radius 3 is 2.73 bits per heavy atom. The summed E-state index contributed by atoms with van der Waals surface area (Å²) in [5.74, 6) is -0.364. The summed E-state index contributed by atoms with van der Waals surface area (Å²) in [6, 6.07) is 8.08. The lowest BCUT2D eigenvalue weighted by Gasteiger charge is -2.42. The molecular formula is C15H12Cl2FN3O. The van der Waals surface area contributed by atoms with E-state index in [1.165, 1.54) is 6.07 Å². The number of rotatable bonds is 3.